The predicted octanol–water partition coefficient (Wildman–Crippen LogP) is -2.10. The van der Waals surface area contributed by atoms with E-state index in [4.69, 9.17) is 60.4 Å². The summed E-state index contributed by atoms with van der Waals surface area (Å²) >= 11 is 0. The molecule has 0 radical (unpaired) electrons. The monoisotopic (exact) mass is 1780 g/mol. The molecule has 0 aromatic heterocycles. The summed E-state index contributed by atoms with van der Waals surface area (Å²) in [6, 6.07) is 31.2. The average molecular weight is 1780 g/mol. The Balaban J connectivity index is 0.000000199. The maximum Gasteiger partial charge on any atom is 0.490 e. The molecule has 4 saturated heterocycles. The molecule has 0 spiro atoms. The number of aliphatic hydroxyl groups is 11. The van der Waals surface area contributed by atoms with Gasteiger partial charge in [0.05, 0.1) is 58.2 Å². The summed E-state index contributed by atoms with van der Waals surface area (Å²) in [4.78, 5) is 98.6. The van der Waals surface area contributed by atoms with Gasteiger partial charge >= 0.3 is 23.5 Å². The summed E-state index contributed by atoms with van der Waals surface area (Å²) in [6.07, 6.45) is -1.98. The molecule has 115 heavy (non-hydrogen) atoms. The van der Waals surface area contributed by atoms with Crippen LogP contribution < -0.4 is 32.7 Å². The van der Waals surface area contributed by atoms with Crippen molar-refractivity contribution in [2.24, 2.45) is 23.3 Å². The Morgan fingerprint density at radius 1 is 0.600 bits per heavy atom. The Morgan fingerprint density at radius 2 is 1.03 bits per heavy atom. The van der Waals surface area contributed by atoms with Crippen LogP contribution in [0.5, 0.6) is 0 Å². The number of ether oxygens (including phenoxy) is 5. The third-order valence-corrected chi connectivity index (χ3v) is 25.2. The van der Waals surface area contributed by atoms with Crippen LogP contribution in [0.4, 0.5) is 0 Å². The van der Waals surface area contributed by atoms with Crippen molar-refractivity contribution in [2.75, 3.05) is 33.5 Å². The fourth-order valence-electron chi connectivity index (χ4n) is 13.0. The maximum absolute atomic E-state index is 12.3. The molecule has 2 aliphatic carbocycles. The first-order valence-corrected chi connectivity index (χ1v) is 41.5. The van der Waals surface area contributed by atoms with E-state index < -0.39 is 174 Å². The van der Waals surface area contributed by atoms with Crippen LogP contribution in [0, 0.1) is 23.7 Å². The zero-order valence-corrected chi connectivity index (χ0v) is 67.2. The Bertz CT molecular complexity index is 4140. The third kappa shape index (κ3) is 25.6. The molecule has 37 nitrogen and oxygen atoms in total. The van der Waals surface area contributed by atoms with E-state index in [1.165, 1.54) is 51.3 Å². The van der Waals surface area contributed by atoms with E-state index in [-0.39, 0.29) is 81.2 Å². The van der Waals surface area contributed by atoms with Gasteiger partial charge in [-0.2, -0.15) is 8.62 Å². The SMILES string of the molecule is C=COC.CC(=O)CC#CC1=CN(C2OC(CO)C(O)C2O)C(=O)CC1N.CC1=CN(C2OC(CO)C(O)C2O)C(=O)CC1N.O=C1CC2CC=CC2=CN1C1OC(CO)C(O)C1O.O=C1NC2CC=CC2=CC1C1OC(COP(=O)(O)OP(=O)(O)OP(=O)(O)O)C(O)C1O.[Pd].c1ccc(P(c2ccccc2)c2ccccc2)cc1. The van der Waals surface area contributed by atoms with E-state index in [0.717, 1.165) is 28.0 Å². The first-order chi connectivity index (χ1) is 53.9. The van der Waals surface area contributed by atoms with Crippen molar-refractivity contribution < 1.29 is 171 Å². The number of ketones is 1. The van der Waals surface area contributed by atoms with Crippen LogP contribution in [-0.4, -0.2) is 270 Å². The van der Waals surface area contributed by atoms with Crippen LogP contribution in [-0.2, 0) is 94.9 Å². The molecular formula is C73H96N6O31P4Pd. The third-order valence-electron chi connectivity index (χ3n) is 19.0. The first-order valence-electron chi connectivity index (χ1n) is 35.6. The van der Waals surface area contributed by atoms with Gasteiger partial charge in [-0.3, -0.25) is 43.2 Å². The number of fused-ring (bicyclic) bond motifs is 2. The van der Waals surface area contributed by atoms with Gasteiger partial charge in [0.15, 0.2) is 18.7 Å². The van der Waals surface area contributed by atoms with E-state index in [1.54, 1.807) is 32.4 Å². The summed E-state index contributed by atoms with van der Waals surface area (Å²) in [6.45, 7) is 4.21. The molecule has 8 aliphatic heterocycles. The molecule has 3 aromatic carbocycles. The predicted molar refractivity (Wildman–Crippen MR) is 404 cm³/mol. The number of phosphoric ester groups is 1. The van der Waals surface area contributed by atoms with Crippen molar-refractivity contribution in [1.29, 1.82) is 0 Å². The van der Waals surface area contributed by atoms with Gasteiger partial charge in [0.25, 0.3) is 0 Å². The number of hydrogen-bond acceptors (Lipinski definition) is 29. The number of hydrogen-bond donors (Lipinski definition) is 18. The number of amides is 4. The summed E-state index contributed by atoms with van der Waals surface area (Å²) in [5.41, 5.74) is 14.7. The van der Waals surface area contributed by atoms with Gasteiger partial charge in [-0.15, -0.1) is 0 Å². The van der Waals surface area contributed by atoms with Gasteiger partial charge in [-0.1, -0.05) is 140 Å². The van der Waals surface area contributed by atoms with Gasteiger partial charge in [0.2, 0.25) is 23.6 Å². The van der Waals surface area contributed by atoms with Crippen LogP contribution in [0.1, 0.15) is 52.4 Å². The van der Waals surface area contributed by atoms with Crippen LogP contribution in [0.15, 0.2) is 175 Å². The van der Waals surface area contributed by atoms with E-state index in [0.29, 0.717) is 18.4 Å². The molecule has 42 heteroatoms. The number of aliphatic hydroxyl groups excluding tert-OH is 11. The number of nitrogens with one attached hydrogen (secondary N) is 1. The number of nitrogens with zero attached hydrogens (tertiary/aromatic N) is 3. The largest absolute Gasteiger partial charge is 0.505 e. The number of carbonyl (C=O) groups is 5. The second-order valence-electron chi connectivity index (χ2n) is 27.2. The number of carbonyl (C=O) groups excluding carboxylic acids is 5. The van der Waals surface area contributed by atoms with Gasteiger partial charge in [0.1, 0.15) is 85.1 Å². The molecule has 0 bridgehead atoms. The average Bonchev–Trinajstić information content (AvgIpc) is 1.67. The first kappa shape index (κ1) is 95.7. The molecule has 4 fully saturated rings. The molecule has 10 aliphatic rings. The Morgan fingerprint density at radius 3 is 1.49 bits per heavy atom. The minimum atomic E-state index is -5.70. The number of phosphoric acid groups is 3. The summed E-state index contributed by atoms with van der Waals surface area (Å²) < 4.78 is 71.0. The number of Topliss-reactive ketones (excluding diaryl/α,β-unsaturated/α-hetero) is 1. The number of nitrogens with two attached hydrogens (primary N) is 2. The van der Waals surface area contributed by atoms with Gasteiger partial charge in [-0.05, 0) is 73.2 Å². The molecule has 634 valence electrons. The Hall–Kier alpha value is -6.43. The van der Waals surface area contributed by atoms with Crippen molar-refractivity contribution in [3.8, 4) is 11.8 Å². The second-order valence-corrected chi connectivity index (χ2v) is 33.8. The zero-order valence-electron chi connectivity index (χ0n) is 62.1. The second kappa shape index (κ2) is 43.5. The van der Waals surface area contributed by atoms with Crippen molar-refractivity contribution in [3.05, 3.63) is 175 Å². The standard InChI is InChI=1S/C18H15P.C15H20N2O6.C13H20NO14P3.C13H17NO5.C11H18N2O5.C3H6O.Pd/c1-4-10-16(11-5-1)19(17-12-6-2-7-13-17)18-14-8-3-9-15-18;1-8(19)3-2-4-9-6-17(12(20)5-10(9)16)15-14(22)13(21)11(7-18)23-15;15-10-9(5-25-30(21,22)28-31(23,24)27-29(18,19)20)26-12(11(10)16)7-4-6-2-1-3-8(6)14-13(7)17;15-6-9-11(17)12(18)13(19-9)14-5-8-3-1-2-7(8)4-10(14)16;1-5-3-13(8(15)2-6(5)12)11-10(17)9(16)7(4-14)18-11;1-3-4-2;/h1-15H;6,10-11,13-15,18,21-22H,3,5,7,16H2,1H3;1-2,4,7-12,15-16H,3,5H2,(H,14,17)(H,21,22)(H,23,24)(H2,18,19,20);1,3,5,7,9,11-13,15,17-18H,2,4,6H2;3,6-7,9-11,14,16-17H,2,4,12H2,1H3;3H,1H2,2H3;. The number of benzene rings is 3. The summed E-state index contributed by atoms with van der Waals surface area (Å²) in [5.74, 6) is 3.34. The normalized spacial score (nSPS) is 32.0. The fraction of sp³-hybridized carbons (Fsp3) is 0.466. The Kier molecular flexibility index (Phi) is 36.2. The molecule has 20 N–H and O–H groups in total. The smallest absolute Gasteiger partial charge is 0.490 e. The molecule has 23 unspecified atom stereocenters. The zero-order chi connectivity index (χ0) is 83.7. The minimum Gasteiger partial charge on any atom is -0.505 e. The molecule has 0 saturated carbocycles. The molecule has 23 atom stereocenters. The number of rotatable bonds is 19. The molecule has 4 amide bonds. The minimum absolute atomic E-state index is 0. The van der Waals surface area contributed by atoms with E-state index >= 15 is 0 Å². The topological polar surface area (TPSA) is 588 Å². The van der Waals surface area contributed by atoms with Crippen LogP contribution >= 0.6 is 31.4 Å². The van der Waals surface area contributed by atoms with Crippen LogP contribution in [0.25, 0.3) is 0 Å². The Labute approximate surface area is 676 Å². The van der Waals surface area contributed by atoms with Crippen LogP contribution in [0.2, 0.25) is 0 Å². The maximum atomic E-state index is 12.3. The summed E-state index contributed by atoms with van der Waals surface area (Å²) in [5, 5.41) is 113. The van der Waals surface area contributed by atoms with Crippen molar-refractivity contribution >= 4 is 76.7 Å². The number of allylic oxidation sites excluding steroid dienone is 3. The fourth-order valence-corrected chi connectivity index (χ4v) is 18.4. The van der Waals surface area contributed by atoms with E-state index in [2.05, 4.69) is 133 Å². The molecule has 8 heterocycles. The quantitative estimate of drug-likeness (QED) is 0.0264. The van der Waals surface area contributed by atoms with Gasteiger partial charge in [0, 0.05) is 75.9 Å². The van der Waals surface area contributed by atoms with Crippen molar-refractivity contribution in [2.45, 2.75) is 169 Å². The van der Waals surface area contributed by atoms with Crippen LogP contribution in [0.3, 0.4) is 0 Å². The van der Waals surface area contributed by atoms with Gasteiger partial charge in [-0.25, -0.2) is 13.7 Å². The molecule has 3 aromatic rings. The summed E-state index contributed by atoms with van der Waals surface area (Å²) in [7, 11) is -15.6. The molecular weight excluding hydrogens is 1690 g/mol. The van der Waals surface area contributed by atoms with Crippen molar-refractivity contribution in [3.63, 3.8) is 0 Å². The van der Waals surface area contributed by atoms with E-state index in [1.807, 2.05) is 18.2 Å². The number of methoxy groups -OCH3 is 1. The van der Waals surface area contributed by atoms with Gasteiger partial charge < -0.3 is 116 Å². The van der Waals surface area contributed by atoms with E-state index in [9.17, 15) is 83.4 Å². The van der Waals surface area contributed by atoms with Crippen molar-refractivity contribution in [1.82, 2.24) is 20.0 Å². The molecule has 13 rings (SSSR count).